The van der Waals surface area contributed by atoms with Crippen molar-refractivity contribution in [2.45, 2.75) is 39.8 Å². The summed E-state index contributed by atoms with van der Waals surface area (Å²) in [7, 11) is 0. The number of rotatable bonds is 8. The van der Waals surface area contributed by atoms with E-state index in [0.29, 0.717) is 24.6 Å². The zero-order valence-electron chi connectivity index (χ0n) is 16.1. The maximum atomic E-state index is 14.0. The molecule has 0 heterocycles. The van der Waals surface area contributed by atoms with Gasteiger partial charge in [-0.25, -0.2) is 4.39 Å². The molecule has 0 saturated heterocycles. The van der Waals surface area contributed by atoms with Gasteiger partial charge in [0.15, 0.2) is 0 Å². The summed E-state index contributed by atoms with van der Waals surface area (Å²) in [5, 5.41) is 2.87. The van der Waals surface area contributed by atoms with Gasteiger partial charge in [0.25, 0.3) is 0 Å². The lowest BCUT2D eigenvalue weighted by Crippen LogP contribution is -2.48. The molecule has 2 aromatic rings. The maximum Gasteiger partial charge on any atom is 0.242 e. The zero-order valence-corrected chi connectivity index (χ0v) is 16.1. The van der Waals surface area contributed by atoms with Gasteiger partial charge < -0.3 is 10.2 Å². The number of hydrogen-bond acceptors (Lipinski definition) is 2. The van der Waals surface area contributed by atoms with Crippen molar-refractivity contribution in [3.63, 3.8) is 0 Å². The van der Waals surface area contributed by atoms with E-state index in [9.17, 15) is 14.0 Å². The molecule has 0 aromatic heterocycles. The lowest BCUT2D eigenvalue weighted by Gasteiger charge is -2.29. The van der Waals surface area contributed by atoms with Crippen LogP contribution in [0.3, 0.4) is 0 Å². The summed E-state index contributed by atoms with van der Waals surface area (Å²) in [4.78, 5) is 27.0. The Hall–Kier alpha value is -2.69. The highest BCUT2D eigenvalue weighted by molar-refractivity contribution is 5.88. The molecule has 0 radical (unpaired) electrons. The summed E-state index contributed by atoms with van der Waals surface area (Å²) in [6.07, 6.45) is -0.0820. The van der Waals surface area contributed by atoms with Crippen LogP contribution in [0.25, 0.3) is 0 Å². The molecule has 144 valence electrons. The highest BCUT2D eigenvalue weighted by atomic mass is 19.1. The fraction of sp³-hybridized carbons (Fsp3) is 0.364. The third-order valence-corrected chi connectivity index (χ3v) is 4.35. The molecule has 0 spiro atoms. The molecule has 2 aromatic carbocycles. The smallest absolute Gasteiger partial charge is 0.242 e. The lowest BCUT2D eigenvalue weighted by atomic mass is 10.1. The summed E-state index contributed by atoms with van der Waals surface area (Å²) >= 11 is 0. The summed E-state index contributed by atoms with van der Waals surface area (Å²) in [5.74, 6) is -0.585. The molecule has 2 rings (SSSR count). The highest BCUT2D eigenvalue weighted by Crippen LogP contribution is 2.14. The molecule has 1 atom stereocenters. The quantitative estimate of drug-likeness (QED) is 0.772. The highest BCUT2D eigenvalue weighted by Gasteiger charge is 2.26. The van der Waals surface area contributed by atoms with Crippen LogP contribution in [0, 0.1) is 11.7 Å². The Morgan fingerprint density at radius 3 is 2.26 bits per heavy atom. The van der Waals surface area contributed by atoms with Gasteiger partial charge in [0, 0.05) is 13.1 Å². The third kappa shape index (κ3) is 6.20. The average Bonchev–Trinajstić information content (AvgIpc) is 2.66. The number of hydrogen-bond donors (Lipinski definition) is 1. The van der Waals surface area contributed by atoms with Crippen LogP contribution in [-0.4, -0.2) is 29.3 Å². The van der Waals surface area contributed by atoms with Gasteiger partial charge in [-0.1, -0.05) is 62.4 Å². The van der Waals surface area contributed by atoms with E-state index >= 15 is 0 Å². The number of halogens is 1. The normalized spacial score (nSPS) is 11.9. The lowest BCUT2D eigenvalue weighted by molar-refractivity contribution is -0.140. The molecule has 1 N–H and O–H groups in total. The number of benzene rings is 2. The van der Waals surface area contributed by atoms with Crippen molar-refractivity contribution in [2.24, 2.45) is 5.92 Å². The van der Waals surface area contributed by atoms with Crippen LogP contribution in [0.1, 0.15) is 31.9 Å². The molecule has 0 aliphatic carbocycles. The number of nitrogens with zero attached hydrogens (tertiary/aromatic N) is 1. The van der Waals surface area contributed by atoms with E-state index < -0.39 is 11.9 Å². The van der Waals surface area contributed by atoms with E-state index in [1.54, 1.807) is 25.1 Å². The molecule has 2 amide bonds. The number of carbonyl (C=O) groups excluding carboxylic acids is 2. The van der Waals surface area contributed by atoms with Crippen molar-refractivity contribution in [1.82, 2.24) is 10.2 Å². The van der Waals surface area contributed by atoms with Gasteiger partial charge in [-0.05, 0) is 30.0 Å². The first kappa shape index (κ1) is 20.6. The predicted molar refractivity (Wildman–Crippen MR) is 104 cm³/mol. The minimum atomic E-state index is -0.650. The summed E-state index contributed by atoms with van der Waals surface area (Å²) in [5.41, 5.74) is 1.25. The van der Waals surface area contributed by atoms with Crippen LogP contribution in [0.15, 0.2) is 54.6 Å². The molecule has 4 nitrogen and oxygen atoms in total. The van der Waals surface area contributed by atoms with Crippen molar-refractivity contribution in [3.8, 4) is 0 Å². The van der Waals surface area contributed by atoms with Crippen LogP contribution in [0.2, 0.25) is 0 Å². The van der Waals surface area contributed by atoms with E-state index in [4.69, 9.17) is 0 Å². The van der Waals surface area contributed by atoms with Crippen molar-refractivity contribution < 1.29 is 14.0 Å². The number of carbonyl (C=O) groups is 2. The van der Waals surface area contributed by atoms with E-state index in [-0.39, 0.29) is 18.2 Å². The maximum absolute atomic E-state index is 14.0. The molecule has 5 heteroatoms. The Balaban J connectivity index is 2.19. The molecule has 0 fully saturated rings. The molecule has 0 saturated carbocycles. The SMILES string of the molecule is CC(C)CNC(=O)C(C)N(Cc1ccccc1)C(=O)Cc1ccccc1F. The fourth-order valence-electron chi connectivity index (χ4n) is 2.72. The monoisotopic (exact) mass is 370 g/mol. The van der Waals surface area contributed by atoms with E-state index in [2.05, 4.69) is 5.32 Å². The van der Waals surface area contributed by atoms with Crippen molar-refractivity contribution in [1.29, 1.82) is 0 Å². The molecular weight excluding hydrogens is 343 g/mol. The first-order valence-corrected chi connectivity index (χ1v) is 9.23. The Morgan fingerprint density at radius 2 is 1.63 bits per heavy atom. The van der Waals surface area contributed by atoms with E-state index in [0.717, 1.165) is 5.56 Å². The molecule has 0 aliphatic heterocycles. The number of amides is 2. The van der Waals surface area contributed by atoms with Crippen LogP contribution in [-0.2, 0) is 22.6 Å². The first-order valence-electron chi connectivity index (χ1n) is 9.23. The van der Waals surface area contributed by atoms with Gasteiger partial charge in [-0.3, -0.25) is 9.59 Å². The Bertz CT molecular complexity index is 762. The Kier molecular flexibility index (Phi) is 7.53. The van der Waals surface area contributed by atoms with Crippen LogP contribution >= 0.6 is 0 Å². The Labute approximate surface area is 160 Å². The zero-order chi connectivity index (χ0) is 19.8. The minimum absolute atomic E-state index is 0.0820. The minimum Gasteiger partial charge on any atom is -0.354 e. The van der Waals surface area contributed by atoms with Gasteiger partial charge in [0.2, 0.25) is 11.8 Å². The predicted octanol–water partition coefficient (Wildman–Crippen LogP) is 3.56. The first-order chi connectivity index (χ1) is 12.9. The second-order valence-corrected chi connectivity index (χ2v) is 7.09. The van der Waals surface area contributed by atoms with Crippen LogP contribution in [0.4, 0.5) is 4.39 Å². The van der Waals surface area contributed by atoms with Gasteiger partial charge >= 0.3 is 0 Å². The molecule has 0 bridgehead atoms. The van der Waals surface area contributed by atoms with Gasteiger partial charge in [-0.15, -0.1) is 0 Å². The Morgan fingerprint density at radius 1 is 1.00 bits per heavy atom. The second kappa shape index (κ2) is 9.86. The van der Waals surface area contributed by atoms with Gasteiger partial charge in [0.1, 0.15) is 11.9 Å². The van der Waals surface area contributed by atoms with E-state index in [1.165, 1.54) is 11.0 Å². The van der Waals surface area contributed by atoms with Crippen LogP contribution < -0.4 is 5.32 Å². The molecule has 0 aliphatic rings. The third-order valence-electron chi connectivity index (χ3n) is 4.35. The van der Waals surface area contributed by atoms with E-state index in [1.807, 2.05) is 44.2 Å². The van der Waals surface area contributed by atoms with Crippen molar-refractivity contribution in [2.75, 3.05) is 6.54 Å². The largest absolute Gasteiger partial charge is 0.354 e. The van der Waals surface area contributed by atoms with Crippen molar-refractivity contribution in [3.05, 3.63) is 71.5 Å². The van der Waals surface area contributed by atoms with Crippen molar-refractivity contribution >= 4 is 11.8 Å². The fourth-order valence-corrected chi connectivity index (χ4v) is 2.72. The average molecular weight is 370 g/mol. The van der Waals surface area contributed by atoms with Gasteiger partial charge in [-0.2, -0.15) is 0 Å². The second-order valence-electron chi connectivity index (χ2n) is 7.09. The standard InChI is InChI=1S/C22H27FN2O2/c1-16(2)14-24-22(27)17(3)25(15-18-9-5-4-6-10-18)21(26)13-19-11-7-8-12-20(19)23/h4-12,16-17H,13-15H2,1-3H3,(H,24,27). The summed E-state index contributed by atoms with van der Waals surface area (Å²) in [6, 6.07) is 15.1. The molecular formula is C22H27FN2O2. The summed E-state index contributed by atoms with van der Waals surface area (Å²) in [6.45, 7) is 6.57. The molecule has 27 heavy (non-hydrogen) atoms. The summed E-state index contributed by atoms with van der Waals surface area (Å²) < 4.78 is 14.0. The topological polar surface area (TPSA) is 49.4 Å². The molecule has 1 unspecified atom stereocenters. The van der Waals surface area contributed by atoms with Crippen LogP contribution in [0.5, 0.6) is 0 Å². The van der Waals surface area contributed by atoms with Gasteiger partial charge in [0.05, 0.1) is 6.42 Å². The number of nitrogens with one attached hydrogen (secondary N) is 1.